The van der Waals surface area contributed by atoms with E-state index in [1.54, 1.807) is 7.11 Å². The topological polar surface area (TPSA) is 88.1 Å². The Morgan fingerprint density at radius 2 is 1.79 bits per heavy atom. The molecule has 0 bridgehead atoms. The fourth-order valence-electron chi connectivity index (χ4n) is 6.18. The van der Waals surface area contributed by atoms with Crippen LogP contribution in [0.1, 0.15) is 62.2 Å². The van der Waals surface area contributed by atoms with E-state index in [9.17, 15) is 4.79 Å². The van der Waals surface area contributed by atoms with Gasteiger partial charge in [0.1, 0.15) is 17.1 Å². The van der Waals surface area contributed by atoms with E-state index in [1.807, 2.05) is 17.7 Å². The van der Waals surface area contributed by atoms with Gasteiger partial charge in [0, 0.05) is 37.4 Å². The minimum atomic E-state index is -0.141. The van der Waals surface area contributed by atoms with E-state index in [1.165, 1.54) is 24.8 Å². The van der Waals surface area contributed by atoms with Crippen molar-refractivity contribution in [2.45, 2.75) is 70.5 Å². The number of methoxy groups -OCH3 is 1. The summed E-state index contributed by atoms with van der Waals surface area (Å²) in [6.45, 7) is 4.81. The van der Waals surface area contributed by atoms with Gasteiger partial charge in [-0.05, 0) is 50.3 Å². The third-order valence-electron chi connectivity index (χ3n) is 8.38. The zero-order chi connectivity index (χ0) is 26.8. The molecule has 2 N–H and O–H groups in total. The summed E-state index contributed by atoms with van der Waals surface area (Å²) >= 11 is 0. The van der Waals surface area contributed by atoms with Crippen molar-refractivity contribution in [3.63, 3.8) is 0 Å². The second-order valence-electron chi connectivity index (χ2n) is 10.9. The molecule has 8 nitrogen and oxygen atoms in total. The highest BCUT2D eigenvalue weighted by Crippen LogP contribution is 2.34. The Labute approximate surface area is 229 Å². The number of nitrogens with one attached hydrogen (secondary N) is 2. The minimum Gasteiger partial charge on any atom is -0.496 e. The number of aromatic amines is 1. The van der Waals surface area contributed by atoms with Gasteiger partial charge in [0.05, 0.1) is 24.4 Å². The normalized spacial score (nSPS) is 17.1. The monoisotopic (exact) mass is 526 g/mol. The van der Waals surface area contributed by atoms with Gasteiger partial charge in [-0.1, -0.05) is 49.6 Å². The standard InChI is InChI=1S/C31H38N6O2/c1-21-28-29(37(35-21)24-11-7-4-8-12-24)31(38)34-30(33-28)26-14-13-25(19-27(26)39-2)36-17-15-23(16-18-36)32-20-22-9-5-3-6-10-22/h3,5-6,9-10,13-14,19,23-24,32H,4,7-8,11-12,15-18,20H2,1-2H3,(H,33,34,38). The Kier molecular flexibility index (Phi) is 7.37. The molecule has 3 heterocycles. The number of anilines is 1. The van der Waals surface area contributed by atoms with Gasteiger partial charge < -0.3 is 19.9 Å². The number of H-pyrrole nitrogens is 1. The maximum absolute atomic E-state index is 13.3. The number of aromatic nitrogens is 4. The summed E-state index contributed by atoms with van der Waals surface area (Å²) in [5.74, 6) is 1.22. The highest BCUT2D eigenvalue weighted by atomic mass is 16.5. The summed E-state index contributed by atoms with van der Waals surface area (Å²) < 4.78 is 7.73. The zero-order valence-electron chi connectivity index (χ0n) is 22.9. The average Bonchev–Trinajstić information content (AvgIpc) is 3.33. The van der Waals surface area contributed by atoms with Crippen molar-refractivity contribution in [1.82, 2.24) is 25.1 Å². The van der Waals surface area contributed by atoms with E-state index in [4.69, 9.17) is 14.8 Å². The Bertz CT molecular complexity index is 1480. The molecule has 4 aromatic rings. The smallest absolute Gasteiger partial charge is 0.277 e. The number of fused-ring (bicyclic) bond motifs is 1. The molecule has 0 unspecified atom stereocenters. The van der Waals surface area contributed by atoms with Crippen molar-refractivity contribution in [2.75, 3.05) is 25.1 Å². The Balaban J connectivity index is 1.19. The third-order valence-corrected chi connectivity index (χ3v) is 8.38. The largest absolute Gasteiger partial charge is 0.496 e. The third kappa shape index (κ3) is 5.30. The molecule has 2 aliphatic rings. The summed E-state index contributed by atoms with van der Waals surface area (Å²) in [5.41, 5.74) is 5.14. The number of aryl methyl sites for hydroxylation is 1. The van der Waals surface area contributed by atoms with Gasteiger partial charge in [0.2, 0.25) is 0 Å². The summed E-state index contributed by atoms with van der Waals surface area (Å²) in [6, 6.07) is 17.5. The molecular weight excluding hydrogens is 488 g/mol. The first-order valence-corrected chi connectivity index (χ1v) is 14.3. The summed E-state index contributed by atoms with van der Waals surface area (Å²) in [6.07, 6.45) is 7.92. The molecule has 0 spiro atoms. The van der Waals surface area contributed by atoms with Gasteiger partial charge in [0.15, 0.2) is 5.52 Å². The summed E-state index contributed by atoms with van der Waals surface area (Å²) in [4.78, 5) is 23.7. The first-order valence-electron chi connectivity index (χ1n) is 14.3. The van der Waals surface area contributed by atoms with E-state index in [2.05, 4.69) is 57.7 Å². The summed E-state index contributed by atoms with van der Waals surface area (Å²) in [7, 11) is 1.67. The van der Waals surface area contributed by atoms with Crippen molar-refractivity contribution < 1.29 is 4.74 Å². The quantitative estimate of drug-likeness (QED) is 0.337. The van der Waals surface area contributed by atoms with Crippen LogP contribution in [0.5, 0.6) is 5.75 Å². The molecule has 0 amide bonds. The first kappa shape index (κ1) is 25.6. The van der Waals surface area contributed by atoms with Gasteiger partial charge in [-0.25, -0.2) is 4.98 Å². The number of hydrogen-bond acceptors (Lipinski definition) is 6. The van der Waals surface area contributed by atoms with Crippen LogP contribution in [-0.4, -0.2) is 46.0 Å². The molecule has 2 fully saturated rings. The van der Waals surface area contributed by atoms with Gasteiger partial charge in [-0.15, -0.1) is 0 Å². The van der Waals surface area contributed by atoms with Crippen LogP contribution in [-0.2, 0) is 6.54 Å². The fourth-order valence-corrected chi connectivity index (χ4v) is 6.18. The van der Waals surface area contributed by atoms with Crippen molar-refractivity contribution >= 4 is 16.7 Å². The number of hydrogen-bond donors (Lipinski definition) is 2. The first-order chi connectivity index (χ1) is 19.1. The summed E-state index contributed by atoms with van der Waals surface area (Å²) in [5, 5.41) is 8.46. The number of nitrogens with zero attached hydrogens (tertiary/aromatic N) is 4. The number of ether oxygens (including phenoxy) is 1. The van der Waals surface area contributed by atoms with Crippen molar-refractivity contribution in [3.8, 4) is 17.1 Å². The van der Waals surface area contributed by atoms with Crippen LogP contribution < -0.4 is 20.5 Å². The number of benzene rings is 2. The van der Waals surface area contributed by atoms with Gasteiger partial charge in [0.25, 0.3) is 5.56 Å². The van der Waals surface area contributed by atoms with Crippen LogP contribution in [0.3, 0.4) is 0 Å². The molecule has 0 radical (unpaired) electrons. The van der Waals surface area contributed by atoms with Crippen LogP contribution >= 0.6 is 0 Å². The molecule has 1 saturated carbocycles. The van der Waals surface area contributed by atoms with Crippen molar-refractivity contribution in [2.24, 2.45) is 0 Å². The molecule has 1 aliphatic carbocycles. The van der Waals surface area contributed by atoms with E-state index in [0.717, 1.165) is 62.3 Å². The maximum Gasteiger partial charge on any atom is 0.277 e. The lowest BCUT2D eigenvalue weighted by Crippen LogP contribution is -2.42. The minimum absolute atomic E-state index is 0.141. The molecule has 204 valence electrons. The molecule has 39 heavy (non-hydrogen) atoms. The van der Waals surface area contributed by atoms with E-state index < -0.39 is 0 Å². The van der Waals surface area contributed by atoms with E-state index in [0.29, 0.717) is 28.6 Å². The van der Waals surface area contributed by atoms with Crippen LogP contribution in [0.2, 0.25) is 0 Å². The van der Waals surface area contributed by atoms with Gasteiger partial charge in [-0.3, -0.25) is 9.48 Å². The van der Waals surface area contributed by atoms with Gasteiger partial charge >= 0.3 is 0 Å². The van der Waals surface area contributed by atoms with Crippen LogP contribution in [0, 0.1) is 6.92 Å². The van der Waals surface area contributed by atoms with Crippen LogP contribution in [0.25, 0.3) is 22.4 Å². The highest BCUT2D eigenvalue weighted by Gasteiger charge is 2.24. The lowest BCUT2D eigenvalue weighted by atomic mass is 9.95. The molecular formula is C31H38N6O2. The van der Waals surface area contributed by atoms with Crippen molar-refractivity contribution in [1.29, 1.82) is 0 Å². The number of rotatable bonds is 7. The second-order valence-corrected chi connectivity index (χ2v) is 10.9. The Morgan fingerprint density at radius 1 is 1.03 bits per heavy atom. The zero-order valence-corrected chi connectivity index (χ0v) is 22.9. The fraction of sp³-hybridized carbons (Fsp3) is 0.452. The predicted molar refractivity (Wildman–Crippen MR) is 156 cm³/mol. The number of piperidine rings is 1. The second kappa shape index (κ2) is 11.2. The molecule has 6 rings (SSSR count). The van der Waals surface area contributed by atoms with Crippen molar-refractivity contribution in [3.05, 3.63) is 70.1 Å². The average molecular weight is 527 g/mol. The molecule has 2 aromatic carbocycles. The van der Waals surface area contributed by atoms with E-state index in [-0.39, 0.29) is 11.6 Å². The predicted octanol–water partition coefficient (Wildman–Crippen LogP) is 5.37. The van der Waals surface area contributed by atoms with Gasteiger partial charge in [-0.2, -0.15) is 5.10 Å². The maximum atomic E-state index is 13.3. The molecule has 1 saturated heterocycles. The van der Waals surface area contributed by atoms with Crippen LogP contribution in [0.15, 0.2) is 53.3 Å². The SMILES string of the molecule is COc1cc(N2CCC(NCc3ccccc3)CC2)ccc1-c1nc2c(C)nn(C3CCCCC3)c2c(=O)[nH]1. The van der Waals surface area contributed by atoms with Crippen LogP contribution in [0.4, 0.5) is 5.69 Å². The Hall–Kier alpha value is -3.65. The molecule has 0 atom stereocenters. The molecule has 2 aromatic heterocycles. The highest BCUT2D eigenvalue weighted by molar-refractivity contribution is 5.80. The lowest BCUT2D eigenvalue weighted by molar-refractivity contribution is 0.336. The Morgan fingerprint density at radius 3 is 2.54 bits per heavy atom. The molecule has 8 heteroatoms. The molecule has 1 aliphatic heterocycles. The lowest BCUT2D eigenvalue weighted by Gasteiger charge is -2.34. The van der Waals surface area contributed by atoms with E-state index >= 15 is 0 Å².